The number of unbranched alkanes of at least 4 members (excludes halogenated alkanes) is 6. The predicted molar refractivity (Wildman–Crippen MR) is 80.1 cm³/mol. The highest BCUT2D eigenvalue weighted by molar-refractivity contribution is 5.69. The van der Waals surface area contributed by atoms with Crippen molar-refractivity contribution in [2.75, 3.05) is 0 Å². The van der Waals surface area contributed by atoms with Gasteiger partial charge in [0.1, 0.15) is 6.10 Å². The first-order valence-corrected chi connectivity index (χ1v) is 8.43. The van der Waals surface area contributed by atoms with E-state index in [1.807, 2.05) is 0 Å². The van der Waals surface area contributed by atoms with Gasteiger partial charge in [-0.3, -0.25) is 4.79 Å². The Balaban J connectivity index is 1.98. The van der Waals surface area contributed by atoms with Crippen LogP contribution in [-0.4, -0.2) is 12.1 Å². The molecule has 0 heterocycles. The zero-order valence-corrected chi connectivity index (χ0v) is 13.0. The Hall–Kier alpha value is -0.530. The van der Waals surface area contributed by atoms with Gasteiger partial charge in [0.05, 0.1) is 0 Å². The van der Waals surface area contributed by atoms with Crippen LogP contribution in [0.5, 0.6) is 0 Å². The molecule has 0 aromatic carbocycles. The van der Waals surface area contributed by atoms with Crippen molar-refractivity contribution in [1.29, 1.82) is 0 Å². The summed E-state index contributed by atoms with van der Waals surface area (Å²) in [5, 5.41) is 0. The molecule has 0 amide bonds. The highest BCUT2D eigenvalue weighted by Gasteiger charge is 2.24. The van der Waals surface area contributed by atoms with E-state index in [0.717, 1.165) is 12.8 Å². The summed E-state index contributed by atoms with van der Waals surface area (Å²) in [6, 6.07) is 0. The first-order chi connectivity index (χ1) is 9.24. The summed E-state index contributed by atoms with van der Waals surface area (Å²) in [6.45, 7) is 4.45. The van der Waals surface area contributed by atoms with Crippen LogP contribution in [0, 0.1) is 5.92 Å². The Kier molecular flexibility index (Phi) is 8.94. The molecule has 1 fully saturated rings. The second-order valence-corrected chi connectivity index (χ2v) is 6.16. The fourth-order valence-corrected chi connectivity index (χ4v) is 2.91. The van der Waals surface area contributed by atoms with Crippen molar-refractivity contribution in [2.45, 2.75) is 97.0 Å². The third-order valence-electron chi connectivity index (χ3n) is 4.30. The minimum atomic E-state index is 0.0345. The molecule has 1 saturated carbocycles. The molecule has 1 rings (SSSR count). The second-order valence-electron chi connectivity index (χ2n) is 6.16. The van der Waals surface area contributed by atoms with Crippen LogP contribution in [0.25, 0.3) is 0 Å². The minimum Gasteiger partial charge on any atom is -0.462 e. The van der Waals surface area contributed by atoms with Crippen LogP contribution in [0.2, 0.25) is 0 Å². The van der Waals surface area contributed by atoms with Gasteiger partial charge in [-0.1, -0.05) is 58.8 Å². The first-order valence-electron chi connectivity index (χ1n) is 8.43. The highest BCUT2D eigenvalue weighted by atomic mass is 16.5. The van der Waals surface area contributed by atoms with Gasteiger partial charge < -0.3 is 4.74 Å². The summed E-state index contributed by atoms with van der Waals surface area (Å²) in [6.07, 6.45) is 14.4. The summed E-state index contributed by atoms with van der Waals surface area (Å²) in [4.78, 5) is 11.8. The normalized spacial score (nSPS) is 23.3. The molecule has 0 aromatic rings. The average Bonchev–Trinajstić information content (AvgIpc) is 2.40. The van der Waals surface area contributed by atoms with E-state index in [2.05, 4.69) is 13.8 Å². The molecule has 0 radical (unpaired) electrons. The van der Waals surface area contributed by atoms with Gasteiger partial charge in [0, 0.05) is 6.42 Å². The molecule has 2 atom stereocenters. The fourth-order valence-electron chi connectivity index (χ4n) is 2.91. The average molecular weight is 268 g/mol. The van der Waals surface area contributed by atoms with Crippen LogP contribution in [-0.2, 0) is 9.53 Å². The molecule has 0 N–H and O–H groups in total. The Morgan fingerprint density at radius 3 is 2.32 bits per heavy atom. The molecule has 0 unspecified atom stereocenters. The van der Waals surface area contributed by atoms with E-state index in [9.17, 15) is 4.79 Å². The van der Waals surface area contributed by atoms with E-state index in [4.69, 9.17) is 4.74 Å². The summed E-state index contributed by atoms with van der Waals surface area (Å²) in [7, 11) is 0. The van der Waals surface area contributed by atoms with Gasteiger partial charge >= 0.3 is 5.97 Å². The van der Waals surface area contributed by atoms with Crippen LogP contribution >= 0.6 is 0 Å². The van der Waals surface area contributed by atoms with Crippen molar-refractivity contribution in [3.8, 4) is 0 Å². The standard InChI is InChI=1S/C17H32O2/c1-3-4-5-6-7-8-9-14-17(18)19-16-13-11-10-12-15(16)2/h15-16H,3-14H2,1-2H3/t15-,16-/m1/s1. The Labute approximate surface area is 119 Å². The van der Waals surface area contributed by atoms with Crippen LogP contribution in [0.4, 0.5) is 0 Å². The third kappa shape index (κ3) is 7.59. The molecule has 112 valence electrons. The zero-order valence-electron chi connectivity index (χ0n) is 13.0. The van der Waals surface area contributed by atoms with Crippen molar-refractivity contribution in [1.82, 2.24) is 0 Å². The van der Waals surface area contributed by atoms with Gasteiger partial charge in [0.2, 0.25) is 0 Å². The molecular weight excluding hydrogens is 236 g/mol. The van der Waals surface area contributed by atoms with E-state index in [-0.39, 0.29) is 12.1 Å². The van der Waals surface area contributed by atoms with E-state index in [1.165, 1.54) is 57.8 Å². The molecule has 0 saturated heterocycles. The summed E-state index contributed by atoms with van der Waals surface area (Å²) in [5.41, 5.74) is 0. The van der Waals surface area contributed by atoms with Gasteiger partial charge in [0.25, 0.3) is 0 Å². The van der Waals surface area contributed by atoms with E-state index in [1.54, 1.807) is 0 Å². The molecule has 2 heteroatoms. The maximum Gasteiger partial charge on any atom is 0.306 e. The van der Waals surface area contributed by atoms with Crippen molar-refractivity contribution >= 4 is 5.97 Å². The van der Waals surface area contributed by atoms with Crippen molar-refractivity contribution in [3.63, 3.8) is 0 Å². The largest absolute Gasteiger partial charge is 0.462 e. The van der Waals surface area contributed by atoms with Gasteiger partial charge in [-0.15, -0.1) is 0 Å². The maximum atomic E-state index is 11.8. The number of hydrogen-bond donors (Lipinski definition) is 0. The van der Waals surface area contributed by atoms with Crippen molar-refractivity contribution < 1.29 is 9.53 Å². The lowest BCUT2D eigenvalue weighted by Crippen LogP contribution is -2.28. The van der Waals surface area contributed by atoms with Crippen LogP contribution in [0.15, 0.2) is 0 Å². The monoisotopic (exact) mass is 268 g/mol. The lowest BCUT2D eigenvalue weighted by atomic mass is 9.88. The lowest BCUT2D eigenvalue weighted by Gasteiger charge is -2.28. The fraction of sp³-hybridized carbons (Fsp3) is 0.941. The molecular formula is C17H32O2. The number of carbonyl (C=O) groups is 1. The number of ether oxygens (including phenoxy) is 1. The summed E-state index contributed by atoms with van der Waals surface area (Å²) < 4.78 is 5.61. The SMILES string of the molecule is CCCCCCCCCC(=O)O[C@@H]1CCCC[C@H]1C. The van der Waals surface area contributed by atoms with Crippen LogP contribution in [0.1, 0.15) is 90.9 Å². The van der Waals surface area contributed by atoms with Gasteiger partial charge in [-0.05, 0) is 31.6 Å². The molecule has 0 spiro atoms. The maximum absolute atomic E-state index is 11.8. The van der Waals surface area contributed by atoms with E-state index in [0.29, 0.717) is 12.3 Å². The summed E-state index contributed by atoms with van der Waals surface area (Å²) in [5.74, 6) is 0.596. The molecule has 0 aliphatic heterocycles. The van der Waals surface area contributed by atoms with Crippen molar-refractivity contribution in [3.05, 3.63) is 0 Å². The molecule has 1 aliphatic carbocycles. The number of hydrogen-bond acceptors (Lipinski definition) is 2. The van der Waals surface area contributed by atoms with E-state index >= 15 is 0 Å². The molecule has 0 aromatic heterocycles. The van der Waals surface area contributed by atoms with Crippen molar-refractivity contribution in [2.24, 2.45) is 5.92 Å². The predicted octanol–water partition coefficient (Wildman–Crippen LogP) is 5.25. The molecule has 0 bridgehead atoms. The smallest absolute Gasteiger partial charge is 0.306 e. The Morgan fingerprint density at radius 2 is 1.63 bits per heavy atom. The topological polar surface area (TPSA) is 26.3 Å². The van der Waals surface area contributed by atoms with Gasteiger partial charge in [-0.25, -0.2) is 0 Å². The summed E-state index contributed by atoms with van der Waals surface area (Å²) >= 11 is 0. The quantitative estimate of drug-likeness (QED) is 0.422. The van der Waals surface area contributed by atoms with Crippen LogP contribution < -0.4 is 0 Å². The third-order valence-corrected chi connectivity index (χ3v) is 4.30. The second kappa shape index (κ2) is 10.3. The Morgan fingerprint density at radius 1 is 1.00 bits per heavy atom. The lowest BCUT2D eigenvalue weighted by molar-refractivity contribution is -0.153. The number of rotatable bonds is 9. The Bertz CT molecular complexity index is 237. The zero-order chi connectivity index (χ0) is 13.9. The van der Waals surface area contributed by atoms with Gasteiger partial charge in [-0.2, -0.15) is 0 Å². The minimum absolute atomic E-state index is 0.0345. The number of esters is 1. The van der Waals surface area contributed by atoms with Crippen LogP contribution in [0.3, 0.4) is 0 Å². The van der Waals surface area contributed by atoms with Gasteiger partial charge in [0.15, 0.2) is 0 Å². The molecule has 2 nitrogen and oxygen atoms in total. The highest BCUT2D eigenvalue weighted by Crippen LogP contribution is 2.26. The van der Waals surface area contributed by atoms with E-state index < -0.39 is 0 Å². The first kappa shape index (κ1) is 16.5. The molecule has 1 aliphatic rings. The number of carbonyl (C=O) groups excluding carboxylic acids is 1. The molecule has 19 heavy (non-hydrogen) atoms.